The summed E-state index contributed by atoms with van der Waals surface area (Å²) in [5.41, 5.74) is 8.13. The molecule has 0 aromatic heterocycles. The summed E-state index contributed by atoms with van der Waals surface area (Å²) in [6, 6.07) is 5.45. The number of benzene rings is 1. The quantitative estimate of drug-likeness (QED) is 0.834. The monoisotopic (exact) mass is 282 g/mol. The van der Waals surface area contributed by atoms with Crippen LogP contribution in [-0.2, 0) is 0 Å². The van der Waals surface area contributed by atoms with Gasteiger partial charge in [0.25, 0.3) is 5.91 Å². The molecule has 1 heterocycles. The van der Waals surface area contributed by atoms with E-state index in [1.165, 1.54) is 11.5 Å². The van der Waals surface area contributed by atoms with Crippen molar-refractivity contribution in [2.75, 3.05) is 29.5 Å². The molecule has 1 fully saturated rings. The van der Waals surface area contributed by atoms with Gasteiger partial charge in [-0.1, -0.05) is 6.07 Å². The van der Waals surface area contributed by atoms with Gasteiger partial charge in [0.05, 0.1) is 0 Å². The van der Waals surface area contributed by atoms with Crippen molar-refractivity contribution in [2.45, 2.75) is 12.2 Å². The number of anilines is 1. The standard InChI is InChI=1S/C13H18N2OS2/c1-9-2-3-10(6-12(9)14)13(16)15-7-11-8-17-4-5-18-11/h2-3,6,11H,4-5,7-8,14H2,1H3,(H,15,16). The summed E-state index contributed by atoms with van der Waals surface area (Å²) in [6.45, 7) is 2.68. The first-order valence-corrected chi connectivity index (χ1v) is 8.21. The molecule has 1 aliphatic heterocycles. The number of carbonyl (C=O) groups is 1. The smallest absolute Gasteiger partial charge is 0.251 e. The van der Waals surface area contributed by atoms with Gasteiger partial charge >= 0.3 is 0 Å². The fourth-order valence-corrected chi connectivity index (χ4v) is 4.36. The van der Waals surface area contributed by atoms with E-state index in [-0.39, 0.29) is 5.91 Å². The van der Waals surface area contributed by atoms with E-state index in [4.69, 9.17) is 5.73 Å². The number of nitrogens with two attached hydrogens (primary N) is 1. The van der Waals surface area contributed by atoms with Gasteiger partial charge < -0.3 is 11.1 Å². The van der Waals surface area contributed by atoms with Crippen molar-refractivity contribution in [2.24, 2.45) is 0 Å². The molecule has 3 N–H and O–H groups in total. The molecule has 1 aromatic carbocycles. The average molecular weight is 282 g/mol. The zero-order chi connectivity index (χ0) is 13.0. The third-order valence-electron chi connectivity index (χ3n) is 2.92. The van der Waals surface area contributed by atoms with E-state index in [2.05, 4.69) is 5.32 Å². The van der Waals surface area contributed by atoms with E-state index in [1.54, 1.807) is 6.07 Å². The van der Waals surface area contributed by atoms with Crippen LogP contribution in [0, 0.1) is 6.92 Å². The SMILES string of the molecule is Cc1ccc(C(=O)NCC2CSCCS2)cc1N. The van der Waals surface area contributed by atoms with Crippen molar-refractivity contribution >= 4 is 35.1 Å². The molecule has 1 atom stereocenters. The molecule has 0 aliphatic carbocycles. The predicted molar refractivity (Wildman–Crippen MR) is 81.5 cm³/mol. The molecule has 1 unspecified atom stereocenters. The number of hydrogen-bond acceptors (Lipinski definition) is 4. The van der Waals surface area contributed by atoms with Crippen LogP contribution >= 0.6 is 23.5 Å². The van der Waals surface area contributed by atoms with Crippen LogP contribution in [0.5, 0.6) is 0 Å². The normalized spacial score (nSPS) is 19.5. The van der Waals surface area contributed by atoms with Crippen LogP contribution in [0.25, 0.3) is 0 Å². The first-order valence-electron chi connectivity index (χ1n) is 6.00. The van der Waals surface area contributed by atoms with Gasteiger partial charge in [0.2, 0.25) is 0 Å². The lowest BCUT2D eigenvalue weighted by molar-refractivity contribution is 0.0954. The summed E-state index contributed by atoms with van der Waals surface area (Å²) in [7, 11) is 0. The summed E-state index contributed by atoms with van der Waals surface area (Å²) in [5.74, 6) is 3.51. The minimum absolute atomic E-state index is 0.0297. The molecular formula is C13H18N2OS2. The van der Waals surface area contributed by atoms with Gasteiger partial charge in [0.1, 0.15) is 0 Å². The molecule has 2 rings (SSSR count). The Morgan fingerprint density at radius 2 is 2.33 bits per heavy atom. The van der Waals surface area contributed by atoms with Gasteiger partial charge in [-0.25, -0.2) is 0 Å². The zero-order valence-corrected chi connectivity index (χ0v) is 12.1. The number of thioether (sulfide) groups is 2. The molecular weight excluding hydrogens is 264 g/mol. The highest BCUT2D eigenvalue weighted by molar-refractivity contribution is 8.06. The molecule has 3 nitrogen and oxygen atoms in total. The Morgan fingerprint density at radius 1 is 1.50 bits per heavy atom. The van der Waals surface area contributed by atoms with Crippen LogP contribution in [0.15, 0.2) is 18.2 Å². The van der Waals surface area contributed by atoms with Gasteiger partial charge in [-0.15, -0.1) is 0 Å². The van der Waals surface area contributed by atoms with E-state index < -0.39 is 0 Å². The minimum atomic E-state index is -0.0297. The van der Waals surface area contributed by atoms with Crippen LogP contribution in [0.3, 0.4) is 0 Å². The van der Waals surface area contributed by atoms with Crippen LogP contribution in [0.4, 0.5) is 5.69 Å². The topological polar surface area (TPSA) is 55.1 Å². The van der Waals surface area contributed by atoms with Crippen molar-refractivity contribution < 1.29 is 4.79 Å². The number of nitrogens with one attached hydrogen (secondary N) is 1. The molecule has 1 saturated heterocycles. The van der Waals surface area contributed by atoms with Crippen molar-refractivity contribution in [3.05, 3.63) is 29.3 Å². The number of nitrogen functional groups attached to an aromatic ring is 1. The van der Waals surface area contributed by atoms with Gasteiger partial charge in [-0.3, -0.25) is 4.79 Å². The molecule has 98 valence electrons. The van der Waals surface area contributed by atoms with E-state index >= 15 is 0 Å². The Balaban J connectivity index is 1.88. The van der Waals surface area contributed by atoms with Gasteiger partial charge in [0.15, 0.2) is 0 Å². The van der Waals surface area contributed by atoms with Crippen molar-refractivity contribution in [3.8, 4) is 0 Å². The summed E-state index contributed by atoms with van der Waals surface area (Å²) in [4.78, 5) is 12.0. The summed E-state index contributed by atoms with van der Waals surface area (Å²) >= 11 is 3.91. The molecule has 0 radical (unpaired) electrons. The van der Waals surface area contributed by atoms with Crippen LogP contribution in [0.1, 0.15) is 15.9 Å². The van der Waals surface area contributed by atoms with E-state index in [0.717, 1.165) is 17.9 Å². The second kappa shape index (κ2) is 6.38. The first-order chi connectivity index (χ1) is 8.66. The molecule has 1 aromatic rings. The highest BCUT2D eigenvalue weighted by Gasteiger charge is 2.15. The maximum Gasteiger partial charge on any atom is 0.251 e. The van der Waals surface area contributed by atoms with E-state index in [0.29, 0.717) is 16.5 Å². The highest BCUT2D eigenvalue weighted by Crippen LogP contribution is 2.23. The van der Waals surface area contributed by atoms with Crippen LogP contribution in [-0.4, -0.2) is 35.0 Å². The van der Waals surface area contributed by atoms with E-state index in [9.17, 15) is 4.79 Å². The van der Waals surface area contributed by atoms with E-state index in [1.807, 2.05) is 42.6 Å². The molecule has 1 aliphatic rings. The third-order valence-corrected chi connectivity index (χ3v) is 5.76. The number of hydrogen-bond donors (Lipinski definition) is 2. The van der Waals surface area contributed by atoms with Gasteiger partial charge in [0, 0.05) is 40.3 Å². The Labute approximate surface area is 116 Å². The Kier molecular flexibility index (Phi) is 4.83. The van der Waals surface area contributed by atoms with Crippen LogP contribution < -0.4 is 11.1 Å². The molecule has 1 amide bonds. The molecule has 0 bridgehead atoms. The zero-order valence-electron chi connectivity index (χ0n) is 10.4. The number of carbonyl (C=O) groups excluding carboxylic acids is 1. The fraction of sp³-hybridized carbons (Fsp3) is 0.462. The van der Waals surface area contributed by atoms with Gasteiger partial charge in [-0.2, -0.15) is 23.5 Å². The maximum absolute atomic E-state index is 12.0. The average Bonchev–Trinajstić information content (AvgIpc) is 2.40. The Bertz CT molecular complexity index is 431. The summed E-state index contributed by atoms with van der Waals surface area (Å²) in [6.07, 6.45) is 0. The summed E-state index contributed by atoms with van der Waals surface area (Å²) in [5, 5.41) is 3.52. The van der Waals surface area contributed by atoms with Crippen LogP contribution in [0.2, 0.25) is 0 Å². The fourth-order valence-electron chi connectivity index (χ4n) is 1.74. The third kappa shape index (κ3) is 3.59. The largest absolute Gasteiger partial charge is 0.398 e. The molecule has 18 heavy (non-hydrogen) atoms. The lowest BCUT2D eigenvalue weighted by Gasteiger charge is -2.21. The predicted octanol–water partition coefficient (Wildman–Crippen LogP) is 2.16. The molecule has 5 heteroatoms. The summed E-state index contributed by atoms with van der Waals surface area (Å²) < 4.78 is 0. The molecule has 0 saturated carbocycles. The number of aryl methyl sites for hydroxylation is 1. The second-order valence-corrected chi connectivity index (χ2v) is 6.91. The minimum Gasteiger partial charge on any atom is -0.398 e. The molecule has 0 spiro atoms. The highest BCUT2D eigenvalue weighted by atomic mass is 32.2. The van der Waals surface area contributed by atoms with Gasteiger partial charge in [-0.05, 0) is 24.6 Å². The second-order valence-electron chi connectivity index (χ2n) is 4.35. The maximum atomic E-state index is 12.0. The Morgan fingerprint density at radius 3 is 3.00 bits per heavy atom. The Hall–Kier alpha value is -0.810. The van der Waals surface area contributed by atoms with Crippen molar-refractivity contribution in [3.63, 3.8) is 0 Å². The van der Waals surface area contributed by atoms with Crippen molar-refractivity contribution in [1.29, 1.82) is 0 Å². The number of amides is 1. The lowest BCUT2D eigenvalue weighted by atomic mass is 10.1. The number of rotatable bonds is 3. The van der Waals surface area contributed by atoms with Crippen molar-refractivity contribution in [1.82, 2.24) is 5.32 Å². The lowest BCUT2D eigenvalue weighted by Crippen LogP contribution is -2.33. The first kappa shape index (κ1) is 13.6.